The molecule has 0 saturated heterocycles. The molecule has 0 aliphatic heterocycles. The number of hydrogen-bond acceptors (Lipinski definition) is 4. The molecule has 7 nitrogen and oxygen atoms in total. The Balaban J connectivity index is 1.45. The molecule has 0 spiro atoms. The lowest BCUT2D eigenvalue weighted by molar-refractivity contribution is 0.0954. The van der Waals surface area contributed by atoms with Gasteiger partial charge in [-0.2, -0.15) is 5.10 Å². The van der Waals surface area contributed by atoms with Gasteiger partial charge >= 0.3 is 0 Å². The fourth-order valence-electron chi connectivity index (χ4n) is 3.48. The smallest absolute Gasteiger partial charge is 0.252 e. The fraction of sp³-hybridized carbons (Fsp3) is 0.300. The average Bonchev–Trinajstić information content (AvgIpc) is 3.19. The van der Waals surface area contributed by atoms with E-state index in [4.69, 9.17) is 0 Å². The highest BCUT2D eigenvalue weighted by atomic mass is 16.1. The van der Waals surface area contributed by atoms with Gasteiger partial charge in [-0.05, 0) is 38.5 Å². The fourth-order valence-corrected chi connectivity index (χ4v) is 3.48. The summed E-state index contributed by atoms with van der Waals surface area (Å²) in [6.07, 6.45) is 2.67. The van der Waals surface area contributed by atoms with E-state index in [2.05, 4.69) is 31.0 Å². The van der Waals surface area contributed by atoms with Crippen molar-refractivity contribution >= 4 is 28.0 Å². The quantitative estimate of drug-likeness (QED) is 0.554. The number of nitrogens with zero attached hydrogens (tertiary/aromatic N) is 5. The number of nitrogens with one attached hydrogen (secondary N) is 1. The van der Waals surface area contributed by atoms with Crippen LogP contribution < -0.4 is 5.32 Å². The van der Waals surface area contributed by atoms with Gasteiger partial charge in [0.25, 0.3) is 5.91 Å². The van der Waals surface area contributed by atoms with Crippen LogP contribution in [0.5, 0.6) is 0 Å². The lowest BCUT2D eigenvalue weighted by atomic mass is 10.1. The molecular formula is C20H22N6O. The van der Waals surface area contributed by atoms with E-state index in [1.165, 1.54) is 0 Å². The number of carbonyl (C=O) groups excluding carboxylic acids is 1. The Morgan fingerprint density at radius 1 is 1.22 bits per heavy atom. The first-order chi connectivity index (χ1) is 13.0. The van der Waals surface area contributed by atoms with Gasteiger partial charge in [0.15, 0.2) is 5.65 Å². The van der Waals surface area contributed by atoms with E-state index in [1.807, 2.05) is 51.5 Å². The van der Waals surface area contributed by atoms with Crippen LogP contribution in [0.25, 0.3) is 22.1 Å². The third-order valence-electron chi connectivity index (χ3n) is 4.73. The number of imidazole rings is 1. The number of benzene rings is 1. The van der Waals surface area contributed by atoms with Gasteiger partial charge in [-0.3, -0.25) is 9.48 Å². The molecule has 1 amide bonds. The molecule has 0 aliphatic rings. The van der Waals surface area contributed by atoms with Crippen LogP contribution in [0.2, 0.25) is 0 Å². The van der Waals surface area contributed by atoms with E-state index in [1.54, 1.807) is 4.68 Å². The minimum atomic E-state index is -0.0860. The maximum absolute atomic E-state index is 12.8. The summed E-state index contributed by atoms with van der Waals surface area (Å²) in [5, 5.41) is 8.25. The minimum Gasteiger partial charge on any atom is -0.352 e. The van der Waals surface area contributed by atoms with Crippen LogP contribution in [0.15, 0.2) is 36.7 Å². The lowest BCUT2D eigenvalue weighted by Crippen LogP contribution is -2.25. The Morgan fingerprint density at radius 2 is 2.04 bits per heavy atom. The highest BCUT2D eigenvalue weighted by Gasteiger charge is 2.17. The van der Waals surface area contributed by atoms with Crippen molar-refractivity contribution in [3.05, 3.63) is 53.6 Å². The van der Waals surface area contributed by atoms with E-state index in [0.29, 0.717) is 12.1 Å². The van der Waals surface area contributed by atoms with Crippen molar-refractivity contribution in [3.8, 4) is 0 Å². The highest BCUT2D eigenvalue weighted by molar-refractivity contribution is 6.06. The molecule has 0 aliphatic carbocycles. The number of fused-ring (bicyclic) bond motifs is 2. The van der Waals surface area contributed by atoms with E-state index in [0.717, 1.165) is 46.4 Å². The Labute approximate surface area is 157 Å². The molecule has 138 valence electrons. The average molecular weight is 362 g/mol. The third kappa shape index (κ3) is 3.16. The van der Waals surface area contributed by atoms with Crippen LogP contribution in [-0.2, 0) is 13.6 Å². The van der Waals surface area contributed by atoms with Gasteiger partial charge in [0.05, 0.1) is 34.0 Å². The molecule has 0 fully saturated rings. The predicted molar refractivity (Wildman–Crippen MR) is 105 cm³/mol. The molecule has 27 heavy (non-hydrogen) atoms. The van der Waals surface area contributed by atoms with Crippen molar-refractivity contribution in [2.75, 3.05) is 6.54 Å². The predicted octanol–water partition coefficient (Wildman–Crippen LogP) is 2.75. The molecule has 3 aromatic heterocycles. The van der Waals surface area contributed by atoms with E-state index in [9.17, 15) is 4.79 Å². The van der Waals surface area contributed by atoms with E-state index < -0.39 is 0 Å². The summed E-state index contributed by atoms with van der Waals surface area (Å²) < 4.78 is 3.83. The monoisotopic (exact) mass is 362 g/mol. The zero-order valence-electron chi connectivity index (χ0n) is 15.7. The van der Waals surface area contributed by atoms with Crippen LogP contribution in [0.3, 0.4) is 0 Å². The van der Waals surface area contributed by atoms with Crippen molar-refractivity contribution in [1.29, 1.82) is 0 Å². The summed E-state index contributed by atoms with van der Waals surface area (Å²) in [6, 6.07) is 9.88. The maximum Gasteiger partial charge on any atom is 0.252 e. The summed E-state index contributed by atoms with van der Waals surface area (Å²) in [5.41, 5.74) is 5.10. The number of amides is 1. The van der Waals surface area contributed by atoms with E-state index in [-0.39, 0.29) is 5.91 Å². The molecule has 4 aromatic rings. The topological polar surface area (TPSA) is 77.6 Å². The van der Waals surface area contributed by atoms with E-state index >= 15 is 0 Å². The van der Waals surface area contributed by atoms with Gasteiger partial charge in [-0.25, -0.2) is 9.97 Å². The molecule has 0 radical (unpaired) electrons. The standard InChI is InChI=1S/C20H22N6O/c1-13-11-15(18-14(2)24-25(3)19(18)23-13)20(27)21-9-6-10-26-12-22-16-7-4-5-8-17(16)26/h4-5,7-8,11-12H,6,9-10H2,1-3H3,(H,21,27). The number of pyridine rings is 1. The number of hydrogen-bond donors (Lipinski definition) is 1. The summed E-state index contributed by atoms with van der Waals surface area (Å²) in [5.74, 6) is -0.0860. The van der Waals surface area contributed by atoms with Crippen LogP contribution in [0, 0.1) is 13.8 Å². The third-order valence-corrected chi connectivity index (χ3v) is 4.73. The van der Waals surface area contributed by atoms with Crippen molar-refractivity contribution < 1.29 is 4.79 Å². The summed E-state index contributed by atoms with van der Waals surface area (Å²) >= 11 is 0. The van der Waals surface area contributed by atoms with Crippen LogP contribution in [-0.4, -0.2) is 36.8 Å². The van der Waals surface area contributed by atoms with Crippen molar-refractivity contribution in [1.82, 2.24) is 29.6 Å². The molecule has 0 bridgehead atoms. The highest BCUT2D eigenvalue weighted by Crippen LogP contribution is 2.21. The Hall–Kier alpha value is -3.22. The molecule has 0 atom stereocenters. The second-order valence-electron chi connectivity index (χ2n) is 6.75. The minimum absolute atomic E-state index is 0.0860. The Morgan fingerprint density at radius 3 is 2.89 bits per heavy atom. The number of aromatic nitrogens is 5. The van der Waals surface area contributed by atoms with Crippen molar-refractivity contribution in [2.45, 2.75) is 26.8 Å². The summed E-state index contributed by atoms with van der Waals surface area (Å²) in [7, 11) is 1.85. The first kappa shape index (κ1) is 17.2. The molecule has 0 unspecified atom stereocenters. The largest absolute Gasteiger partial charge is 0.352 e. The van der Waals surface area contributed by atoms with Gasteiger partial charge < -0.3 is 9.88 Å². The van der Waals surface area contributed by atoms with Gasteiger partial charge in [0, 0.05) is 25.8 Å². The zero-order chi connectivity index (χ0) is 19.0. The molecule has 3 heterocycles. The van der Waals surface area contributed by atoms with Crippen LogP contribution >= 0.6 is 0 Å². The van der Waals surface area contributed by atoms with Crippen LogP contribution in [0.1, 0.15) is 28.2 Å². The Bertz CT molecular complexity index is 1140. The van der Waals surface area contributed by atoms with Gasteiger partial charge in [0.2, 0.25) is 0 Å². The zero-order valence-corrected chi connectivity index (χ0v) is 15.7. The van der Waals surface area contributed by atoms with Crippen molar-refractivity contribution in [2.24, 2.45) is 7.05 Å². The molecule has 1 aromatic carbocycles. The van der Waals surface area contributed by atoms with Crippen molar-refractivity contribution in [3.63, 3.8) is 0 Å². The van der Waals surface area contributed by atoms with Crippen LogP contribution in [0.4, 0.5) is 0 Å². The van der Waals surface area contributed by atoms with Gasteiger partial charge in [0.1, 0.15) is 0 Å². The number of carbonyl (C=O) groups is 1. The second-order valence-corrected chi connectivity index (χ2v) is 6.75. The summed E-state index contributed by atoms with van der Waals surface area (Å²) in [6.45, 7) is 5.19. The first-order valence-electron chi connectivity index (χ1n) is 9.03. The maximum atomic E-state index is 12.8. The molecule has 0 saturated carbocycles. The van der Waals surface area contributed by atoms with Gasteiger partial charge in [-0.15, -0.1) is 0 Å². The molecule has 7 heteroatoms. The lowest BCUT2D eigenvalue weighted by Gasteiger charge is -2.09. The Kier molecular flexibility index (Phi) is 4.35. The molecule has 4 rings (SSSR count). The number of aryl methyl sites for hydroxylation is 4. The second kappa shape index (κ2) is 6.83. The summed E-state index contributed by atoms with van der Waals surface area (Å²) in [4.78, 5) is 21.7. The normalized spacial score (nSPS) is 11.4. The molecular weight excluding hydrogens is 340 g/mol. The number of rotatable bonds is 5. The SMILES string of the molecule is Cc1cc(C(=O)NCCCn2cnc3ccccc32)c2c(C)nn(C)c2n1. The number of para-hydroxylation sites is 2. The van der Waals surface area contributed by atoms with Gasteiger partial charge in [-0.1, -0.05) is 12.1 Å². The first-order valence-corrected chi connectivity index (χ1v) is 9.03. The molecule has 1 N–H and O–H groups in total.